The summed E-state index contributed by atoms with van der Waals surface area (Å²) < 4.78 is 0. The minimum absolute atomic E-state index is 0. The molecule has 0 heterocycles. The molecule has 0 aliphatic carbocycles. The number of likely N-dealkylation sites (N-methyl/N-ethyl adjacent to an activating group) is 1. The molecule has 3 heteroatoms. The van der Waals surface area contributed by atoms with Gasteiger partial charge in [-0.25, -0.2) is 0 Å². The van der Waals surface area contributed by atoms with Crippen LogP contribution in [-0.2, 0) is 6.42 Å². The molecule has 0 bridgehead atoms. The molecule has 0 radical (unpaired) electrons. The van der Waals surface area contributed by atoms with Crippen LogP contribution in [0, 0.1) is 0 Å². The molecule has 14 heavy (non-hydrogen) atoms. The Labute approximate surface area is 92.0 Å². The molecule has 80 valence electrons. The Morgan fingerprint density at radius 1 is 1.21 bits per heavy atom. The lowest BCUT2D eigenvalue weighted by atomic mass is 10.1. The highest BCUT2D eigenvalue weighted by Crippen LogP contribution is 2.05. The maximum absolute atomic E-state index is 9.12. The van der Waals surface area contributed by atoms with Crippen molar-refractivity contribution in [1.82, 2.24) is 4.90 Å². The number of nitrogens with zero attached hydrogens (tertiary/aromatic N) is 1. The molecular weight excluding hydrogens is 198 g/mol. The largest absolute Gasteiger partial charge is 0.395 e. The zero-order chi connectivity index (χ0) is 9.68. The lowest BCUT2D eigenvalue weighted by Gasteiger charge is -2.21. The SMILES string of the molecule is CN(C)C(CO)Cc1ccccc1.Cl. The Morgan fingerprint density at radius 2 is 1.79 bits per heavy atom. The van der Waals surface area contributed by atoms with E-state index in [1.165, 1.54) is 5.56 Å². The van der Waals surface area contributed by atoms with Gasteiger partial charge in [-0.2, -0.15) is 0 Å². The van der Waals surface area contributed by atoms with Crippen LogP contribution in [0.1, 0.15) is 5.56 Å². The van der Waals surface area contributed by atoms with Gasteiger partial charge in [-0.3, -0.25) is 0 Å². The van der Waals surface area contributed by atoms with Gasteiger partial charge in [-0.05, 0) is 26.1 Å². The molecule has 0 aromatic heterocycles. The van der Waals surface area contributed by atoms with Crippen molar-refractivity contribution >= 4 is 12.4 Å². The van der Waals surface area contributed by atoms with Gasteiger partial charge in [0.05, 0.1) is 6.61 Å². The molecule has 1 unspecified atom stereocenters. The van der Waals surface area contributed by atoms with E-state index in [0.29, 0.717) is 0 Å². The summed E-state index contributed by atoms with van der Waals surface area (Å²) in [6, 6.07) is 10.5. The van der Waals surface area contributed by atoms with Crippen molar-refractivity contribution < 1.29 is 5.11 Å². The Hall–Kier alpha value is -0.570. The normalized spacial score (nSPS) is 12.3. The van der Waals surface area contributed by atoms with Crippen molar-refractivity contribution in [3.8, 4) is 0 Å². The highest BCUT2D eigenvalue weighted by Gasteiger charge is 2.09. The highest BCUT2D eigenvalue weighted by atomic mass is 35.5. The maximum Gasteiger partial charge on any atom is 0.0589 e. The highest BCUT2D eigenvalue weighted by molar-refractivity contribution is 5.85. The van der Waals surface area contributed by atoms with E-state index < -0.39 is 0 Å². The van der Waals surface area contributed by atoms with Crippen LogP contribution < -0.4 is 0 Å². The van der Waals surface area contributed by atoms with E-state index in [2.05, 4.69) is 12.1 Å². The monoisotopic (exact) mass is 215 g/mol. The average molecular weight is 216 g/mol. The topological polar surface area (TPSA) is 23.5 Å². The summed E-state index contributed by atoms with van der Waals surface area (Å²) >= 11 is 0. The standard InChI is InChI=1S/C11H17NO.ClH/c1-12(2)11(9-13)8-10-6-4-3-5-7-10;/h3-7,11,13H,8-9H2,1-2H3;1H. The number of benzene rings is 1. The van der Waals surface area contributed by atoms with Crippen molar-refractivity contribution in [2.75, 3.05) is 20.7 Å². The van der Waals surface area contributed by atoms with E-state index in [0.717, 1.165) is 6.42 Å². The third kappa shape index (κ3) is 4.09. The summed E-state index contributed by atoms with van der Waals surface area (Å²) in [6.45, 7) is 0.210. The van der Waals surface area contributed by atoms with Crippen LogP contribution in [-0.4, -0.2) is 36.8 Å². The smallest absolute Gasteiger partial charge is 0.0589 e. The molecule has 0 aliphatic rings. The van der Waals surface area contributed by atoms with Gasteiger partial charge < -0.3 is 10.0 Å². The van der Waals surface area contributed by atoms with Crippen LogP contribution in [0.3, 0.4) is 0 Å². The van der Waals surface area contributed by atoms with Crippen LogP contribution in [0.5, 0.6) is 0 Å². The number of rotatable bonds is 4. The minimum Gasteiger partial charge on any atom is -0.395 e. The summed E-state index contributed by atoms with van der Waals surface area (Å²) in [5, 5.41) is 9.12. The van der Waals surface area contributed by atoms with Gasteiger partial charge in [-0.1, -0.05) is 30.3 Å². The number of halogens is 1. The molecule has 0 spiro atoms. The first-order valence-electron chi connectivity index (χ1n) is 4.55. The fraction of sp³-hybridized carbons (Fsp3) is 0.455. The number of aliphatic hydroxyl groups is 1. The van der Waals surface area contributed by atoms with E-state index in [-0.39, 0.29) is 25.1 Å². The molecule has 1 aromatic carbocycles. The van der Waals surface area contributed by atoms with Gasteiger partial charge in [0.25, 0.3) is 0 Å². The van der Waals surface area contributed by atoms with Crippen molar-refractivity contribution in [3.63, 3.8) is 0 Å². The van der Waals surface area contributed by atoms with Crippen LogP contribution in [0.25, 0.3) is 0 Å². The molecule has 1 aromatic rings. The Morgan fingerprint density at radius 3 is 2.21 bits per heavy atom. The van der Waals surface area contributed by atoms with Gasteiger partial charge in [0.2, 0.25) is 0 Å². The molecule has 2 nitrogen and oxygen atoms in total. The first-order valence-corrected chi connectivity index (χ1v) is 4.55. The van der Waals surface area contributed by atoms with E-state index in [1.807, 2.05) is 37.2 Å². The first kappa shape index (κ1) is 13.4. The summed E-state index contributed by atoms with van der Waals surface area (Å²) in [6.07, 6.45) is 0.907. The summed E-state index contributed by atoms with van der Waals surface area (Å²) in [4.78, 5) is 2.05. The third-order valence-electron chi connectivity index (χ3n) is 2.26. The fourth-order valence-corrected chi connectivity index (χ4v) is 1.30. The van der Waals surface area contributed by atoms with E-state index >= 15 is 0 Å². The fourth-order valence-electron chi connectivity index (χ4n) is 1.30. The predicted octanol–water partition coefficient (Wildman–Crippen LogP) is 1.57. The molecule has 0 amide bonds. The maximum atomic E-state index is 9.12. The summed E-state index contributed by atoms with van der Waals surface area (Å²) in [5.41, 5.74) is 1.27. The molecule has 1 rings (SSSR count). The van der Waals surface area contributed by atoms with Gasteiger partial charge in [0, 0.05) is 6.04 Å². The molecule has 0 aliphatic heterocycles. The van der Waals surface area contributed by atoms with Gasteiger partial charge >= 0.3 is 0 Å². The predicted molar refractivity (Wildman–Crippen MR) is 62.0 cm³/mol. The lowest BCUT2D eigenvalue weighted by Crippen LogP contribution is -2.33. The van der Waals surface area contributed by atoms with E-state index in [4.69, 9.17) is 5.11 Å². The second kappa shape index (κ2) is 6.82. The molecule has 1 atom stereocenters. The van der Waals surface area contributed by atoms with E-state index in [1.54, 1.807) is 0 Å². The summed E-state index contributed by atoms with van der Waals surface area (Å²) in [5.74, 6) is 0. The molecular formula is C11H18ClNO. The average Bonchev–Trinajstić information content (AvgIpc) is 2.15. The number of hydrogen-bond acceptors (Lipinski definition) is 2. The third-order valence-corrected chi connectivity index (χ3v) is 2.26. The van der Waals surface area contributed by atoms with Crippen molar-refractivity contribution in [3.05, 3.63) is 35.9 Å². The van der Waals surface area contributed by atoms with Gasteiger partial charge in [0.15, 0.2) is 0 Å². The Bertz CT molecular complexity index is 238. The van der Waals surface area contributed by atoms with Crippen LogP contribution in [0.15, 0.2) is 30.3 Å². The van der Waals surface area contributed by atoms with Crippen LogP contribution in [0.4, 0.5) is 0 Å². The minimum atomic E-state index is 0. The van der Waals surface area contributed by atoms with Crippen molar-refractivity contribution in [2.24, 2.45) is 0 Å². The Balaban J connectivity index is 0.00000169. The van der Waals surface area contributed by atoms with Crippen LogP contribution >= 0.6 is 12.4 Å². The molecule has 1 N–H and O–H groups in total. The molecule has 0 saturated heterocycles. The van der Waals surface area contributed by atoms with Gasteiger partial charge in [-0.15, -0.1) is 12.4 Å². The number of hydrogen-bond donors (Lipinski definition) is 1. The lowest BCUT2D eigenvalue weighted by molar-refractivity contribution is 0.169. The van der Waals surface area contributed by atoms with Gasteiger partial charge in [0.1, 0.15) is 0 Å². The number of aliphatic hydroxyl groups excluding tert-OH is 1. The molecule has 0 saturated carbocycles. The second-order valence-corrected chi connectivity index (χ2v) is 3.49. The summed E-state index contributed by atoms with van der Waals surface area (Å²) in [7, 11) is 3.98. The quantitative estimate of drug-likeness (QED) is 0.825. The van der Waals surface area contributed by atoms with E-state index in [9.17, 15) is 0 Å². The van der Waals surface area contributed by atoms with Crippen molar-refractivity contribution in [2.45, 2.75) is 12.5 Å². The zero-order valence-electron chi connectivity index (χ0n) is 8.68. The van der Waals surface area contributed by atoms with Crippen molar-refractivity contribution in [1.29, 1.82) is 0 Å². The zero-order valence-corrected chi connectivity index (χ0v) is 9.50. The van der Waals surface area contributed by atoms with Crippen LogP contribution in [0.2, 0.25) is 0 Å². The Kier molecular flexibility index (Phi) is 6.54. The molecule has 0 fully saturated rings. The second-order valence-electron chi connectivity index (χ2n) is 3.49. The first-order chi connectivity index (χ1) is 6.24.